The Morgan fingerprint density at radius 2 is 1.47 bits per heavy atom. The average Bonchev–Trinajstić information content (AvgIpc) is 2.30. The largest absolute Gasteiger partial charge is 0.381 e. The predicted octanol–water partition coefficient (Wildman–Crippen LogP) is 3.63. The van der Waals surface area contributed by atoms with Gasteiger partial charge in [0.1, 0.15) is 0 Å². The molecule has 3 rings (SSSR count). The topological polar surface area (TPSA) is 9.23 Å². The van der Waals surface area contributed by atoms with E-state index < -0.39 is 0 Å². The standard InChI is InChI=1S/C14H24O/c1-15-13-9-8-11-5-2-4-10-6-3-7-12(13)14(10)11/h10-14H,2-9H2,1H3. The zero-order chi connectivity index (χ0) is 10.3. The first-order chi connectivity index (χ1) is 7.40. The van der Waals surface area contributed by atoms with Crippen LogP contribution in [-0.4, -0.2) is 13.2 Å². The van der Waals surface area contributed by atoms with Crippen molar-refractivity contribution in [2.75, 3.05) is 7.11 Å². The van der Waals surface area contributed by atoms with Crippen LogP contribution in [0.15, 0.2) is 0 Å². The van der Waals surface area contributed by atoms with Crippen LogP contribution in [0.1, 0.15) is 51.4 Å². The van der Waals surface area contributed by atoms with Crippen LogP contribution >= 0.6 is 0 Å². The van der Waals surface area contributed by atoms with Crippen molar-refractivity contribution in [3.8, 4) is 0 Å². The van der Waals surface area contributed by atoms with E-state index in [0.717, 1.165) is 23.7 Å². The summed E-state index contributed by atoms with van der Waals surface area (Å²) in [7, 11) is 1.93. The molecule has 0 radical (unpaired) electrons. The Balaban J connectivity index is 1.82. The van der Waals surface area contributed by atoms with E-state index in [4.69, 9.17) is 4.74 Å². The molecule has 0 saturated heterocycles. The molecule has 86 valence electrons. The summed E-state index contributed by atoms with van der Waals surface area (Å²) in [4.78, 5) is 0. The molecule has 0 aliphatic heterocycles. The van der Waals surface area contributed by atoms with Gasteiger partial charge in [-0.25, -0.2) is 0 Å². The maximum atomic E-state index is 5.73. The summed E-state index contributed by atoms with van der Waals surface area (Å²) in [6, 6.07) is 0. The highest BCUT2D eigenvalue weighted by Crippen LogP contribution is 2.53. The molecule has 0 spiro atoms. The lowest BCUT2D eigenvalue weighted by atomic mass is 9.55. The summed E-state index contributed by atoms with van der Waals surface area (Å²) < 4.78 is 5.73. The van der Waals surface area contributed by atoms with E-state index in [1.807, 2.05) is 7.11 Å². The summed E-state index contributed by atoms with van der Waals surface area (Å²) in [5.41, 5.74) is 0. The summed E-state index contributed by atoms with van der Waals surface area (Å²) >= 11 is 0. The first kappa shape index (κ1) is 10.1. The number of hydrogen-bond acceptors (Lipinski definition) is 1. The van der Waals surface area contributed by atoms with Gasteiger partial charge in [-0.2, -0.15) is 0 Å². The molecular formula is C14H24O. The summed E-state index contributed by atoms with van der Waals surface area (Å²) in [5, 5.41) is 0. The number of ether oxygens (including phenoxy) is 1. The van der Waals surface area contributed by atoms with Gasteiger partial charge in [-0.05, 0) is 42.9 Å². The maximum Gasteiger partial charge on any atom is 0.0602 e. The van der Waals surface area contributed by atoms with Gasteiger partial charge in [0.15, 0.2) is 0 Å². The third-order valence-corrected chi connectivity index (χ3v) is 5.45. The normalized spacial score (nSPS) is 49.8. The molecule has 3 aliphatic rings. The highest BCUT2D eigenvalue weighted by Gasteiger charge is 2.46. The van der Waals surface area contributed by atoms with E-state index >= 15 is 0 Å². The van der Waals surface area contributed by atoms with Crippen LogP contribution in [0.4, 0.5) is 0 Å². The molecule has 0 aromatic heterocycles. The Labute approximate surface area is 93.6 Å². The third kappa shape index (κ3) is 1.63. The van der Waals surface area contributed by atoms with Crippen LogP contribution in [0.3, 0.4) is 0 Å². The van der Waals surface area contributed by atoms with Crippen molar-refractivity contribution < 1.29 is 4.74 Å². The van der Waals surface area contributed by atoms with Gasteiger partial charge in [-0.1, -0.05) is 32.1 Å². The molecule has 0 aromatic carbocycles. The lowest BCUT2D eigenvalue weighted by Crippen LogP contribution is -2.46. The van der Waals surface area contributed by atoms with Crippen molar-refractivity contribution in [2.45, 2.75) is 57.5 Å². The van der Waals surface area contributed by atoms with Crippen molar-refractivity contribution in [2.24, 2.45) is 23.7 Å². The molecule has 3 saturated carbocycles. The van der Waals surface area contributed by atoms with Crippen molar-refractivity contribution >= 4 is 0 Å². The molecule has 0 aromatic rings. The fraction of sp³-hybridized carbons (Fsp3) is 1.00. The molecule has 3 aliphatic carbocycles. The molecule has 15 heavy (non-hydrogen) atoms. The lowest BCUT2D eigenvalue weighted by Gasteiger charge is -2.52. The smallest absolute Gasteiger partial charge is 0.0602 e. The van der Waals surface area contributed by atoms with Gasteiger partial charge in [0.05, 0.1) is 6.10 Å². The summed E-state index contributed by atoms with van der Waals surface area (Å²) in [5.74, 6) is 4.11. The number of rotatable bonds is 1. The highest BCUT2D eigenvalue weighted by atomic mass is 16.5. The highest BCUT2D eigenvalue weighted by molar-refractivity contribution is 4.96. The fourth-order valence-corrected chi connectivity index (χ4v) is 4.91. The molecule has 0 heterocycles. The second kappa shape index (κ2) is 4.08. The van der Waals surface area contributed by atoms with Gasteiger partial charge in [-0.15, -0.1) is 0 Å². The third-order valence-electron chi connectivity index (χ3n) is 5.45. The van der Waals surface area contributed by atoms with E-state index in [-0.39, 0.29) is 0 Å². The number of hydrogen-bond donors (Lipinski definition) is 0. The first-order valence-corrected chi connectivity index (χ1v) is 6.93. The predicted molar refractivity (Wildman–Crippen MR) is 61.7 cm³/mol. The van der Waals surface area contributed by atoms with Gasteiger partial charge in [0, 0.05) is 7.11 Å². The Hall–Kier alpha value is -0.0400. The molecule has 1 heteroatoms. The maximum absolute atomic E-state index is 5.73. The Morgan fingerprint density at radius 1 is 0.800 bits per heavy atom. The second-order valence-corrected chi connectivity index (χ2v) is 5.97. The van der Waals surface area contributed by atoms with Gasteiger partial charge in [0.2, 0.25) is 0 Å². The van der Waals surface area contributed by atoms with E-state index in [0.29, 0.717) is 6.10 Å². The van der Waals surface area contributed by atoms with Gasteiger partial charge < -0.3 is 4.74 Å². The van der Waals surface area contributed by atoms with Crippen LogP contribution in [0, 0.1) is 23.7 Å². The summed E-state index contributed by atoms with van der Waals surface area (Å²) in [6.45, 7) is 0. The lowest BCUT2D eigenvalue weighted by molar-refractivity contribution is -0.0822. The van der Waals surface area contributed by atoms with Gasteiger partial charge in [0.25, 0.3) is 0 Å². The fourth-order valence-electron chi connectivity index (χ4n) is 4.91. The van der Waals surface area contributed by atoms with Crippen molar-refractivity contribution in [1.82, 2.24) is 0 Å². The quantitative estimate of drug-likeness (QED) is 0.639. The minimum Gasteiger partial charge on any atom is -0.381 e. The van der Waals surface area contributed by atoms with E-state index in [1.165, 1.54) is 51.4 Å². The Kier molecular flexibility index (Phi) is 2.76. The van der Waals surface area contributed by atoms with E-state index in [2.05, 4.69) is 0 Å². The SMILES string of the molecule is COC1CCC2CCCC3CCCC1C32. The molecule has 1 nitrogen and oxygen atoms in total. The minimum atomic E-state index is 0.604. The molecule has 0 N–H and O–H groups in total. The van der Waals surface area contributed by atoms with Crippen molar-refractivity contribution in [1.29, 1.82) is 0 Å². The second-order valence-electron chi connectivity index (χ2n) is 5.97. The Morgan fingerprint density at radius 3 is 2.20 bits per heavy atom. The van der Waals surface area contributed by atoms with Crippen molar-refractivity contribution in [3.05, 3.63) is 0 Å². The number of methoxy groups -OCH3 is 1. The summed E-state index contributed by atoms with van der Waals surface area (Å²) in [6.07, 6.45) is 12.4. The average molecular weight is 208 g/mol. The molecule has 5 atom stereocenters. The van der Waals surface area contributed by atoms with Gasteiger partial charge in [-0.3, -0.25) is 0 Å². The van der Waals surface area contributed by atoms with Crippen LogP contribution in [0.25, 0.3) is 0 Å². The molecular weight excluding hydrogens is 184 g/mol. The zero-order valence-electron chi connectivity index (χ0n) is 9.95. The van der Waals surface area contributed by atoms with E-state index in [1.54, 1.807) is 0 Å². The molecule has 3 fully saturated rings. The minimum absolute atomic E-state index is 0.604. The van der Waals surface area contributed by atoms with E-state index in [9.17, 15) is 0 Å². The van der Waals surface area contributed by atoms with Crippen molar-refractivity contribution in [3.63, 3.8) is 0 Å². The van der Waals surface area contributed by atoms with Crippen LogP contribution in [0.5, 0.6) is 0 Å². The van der Waals surface area contributed by atoms with Crippen LogP contribution in [0.2, 0.25) is 0 Å². The zero-order valence-corrected chi connectivity index (χ0v) is 9.95. The molecule has 0 amide bonds. The monoisotopic (exact) mass is 208 g/mol. The van der Waals surface area contributed by atoms with Gasteiger partial charge >= 0.3 is 0 Å². The first-order valence-electron chi connectivity index (χ1n) is 6.93. The Bertz CT molecular complexity index is 217. The van der Waals surface area contributed by atoms with Crippen LogP contribution < -0.4 is 0 Å². The molecule has 5 unspecified atom stereocenters. The molecule has 0 bridgehead atoms. The van der Waals surface area contributed by atoms with Crippen LogP contribution in [-0.2, 0) is 4.74 Å².